The van der Waals surface area contributed by atoms with E-state index in [1.54, 1.807) is 0 Å². The molecule has 21 heavy (non-hydrogen) atoms. The number of fused-ring (bicyclic) bond motifs is 2. The van der Waals surface area contributed by atoms with Crippen molar-refractivity contribution in [3.63, 3.8) is 0 Å². The number of likely N-dealkylation sites (tertiary alicyclic amines) is 1. The van der Waals surface area contributed by atoms with Crippen LogP contribution in [0.5, 0.6) is 0 Å². The molecule has 2 bridgehead atoms. The summed E-state index contributed by atoms with van der Waals surface area (Å²) in [6.07, 6.45) is 11.8. The van der Waals surface area contributed by atoms with Gasteiger partial charge in [0.15, 0.2) is 5.11 Å². The zero-order chi connectivity index (χ0) is 14.2. The van der Waals surface area contributed by atoms with Crippen molar-refractivity contribution in [3.05, 3.63) is 30.1 Å². The number of hydrogen-bond acceptors (Lipinski definition) is 2. The van der Waals surface area contributed by atoms with Crippen LogP contribution in [0.15, 0.2) is 24.5 Å². The molecule has 0 unspecified atom stereocenters. The van der Waals surface area contributed by atoms with Crippen LogP contribution in [-0.4, -0.2) is 27.6 Å². The summed E-state index contributed by atoms with van der Waals surface area (Å²) in [5.74, 6) is 1.83. The molecule has 1 N–H and O–H groups in total. The molecule has 0 amide bonds. The average Bonchev–Trinajstić information content (AvgIpc) is 3.24. The first kappa shape index (κ1) is 13.5. The molecule has 112 valence electrons. The van der Waals surface area contributed by atoms with Gasteiger partial charge < -0.3 is 10.2 Å². The molecule has 2 saturated carbocycles. The SMILES string of the molecule is S=C(N[C@@H]1C[C@H]2CC[C@H]1C2)N1CCC[C@H]1c1ccncc1. The fourth-order valence-corrected chi connectivity index (χ4v) is 4.97. The van der Waals surface area contributed by atoms with E-state index in [0.717, 1.165) is 23.5 Å². The summed E-state index contributed by atoms with van der Waals surface area (Å²) in [6, 6.07) is 5.33. The highest BCUT2D eigenvalue weighted by atomic mass is 32.1. The molecular weight excluding hydrogens is 278 g/mol. The van der Waals surface area contributed by atoms with Gasteiger partial charge in [-0.3, -0.25) is 4.98 Å². The Labute approximate surface area is 132 Å². The Balaban J connectivity index is 1.44. The van der Waals surface area contributed by atoms with Gasteiger partial charge in [-0.05, 0) is 73.9 Å². The van der Waals surface area contributed by atoms with Crippen LogP contribution in [0.4, 0.5) is 0 Å². The van der Waals surface area contributed by atoms with Crippen LogP contribution in [0, 0.1) is 11.8 Å². The lowest BCUT2D eigenvalue weighted by Gasteiger charge is -2.32. The number of aromatic nitrogens is 1. The first-order chi connectivity index (χ1) is 10.3. The fourth-order valence-electron chi connectivity index (χ4n) is 4.60. The highest BCUT2D eigenvalue weighted by Gasteiger charge is 2.40. The molecule has 2 aliphatic carbocycles. The van der Waals surface area contributed by atoms with Crippen LogP contribution in [0.25, 0.3) is 0 Å². The minimum absolute atomic E-state index is 0.437. The highest BCUT2D eigenvalue weighted by molar-refractivity contribution is 7.80. The molecule has 1 saturated heterocycles. The largest absolute Gasteiger partial charge is 0.360 e. The predicted octanol–water partition coefficient (Wildman–Crippen LogP) is 3.28. The Morgan fingerprint density at radius 1 is 1.19 bits per heavy atom. The maximum atomic E-state index is 5.74. The number of rotatable bonds is 2. The molecule has 4 atom stereocenters. The van der Waals surface area contributed by atoms with E-state index in [1.165, 1.54) is 44.1 Å². The van der Waals surface area contributed by atoms with E-state index in [1.807, 2.05) is 12.4 Å². The van der Waals surface area contributed by atoms with Crippen LogP contribution in [0.3, 0.4) is 0 Å². The first-order valence-electron chi connectivity index (χ1n) is 8.28. The normalized spacial score (nSPS) is 34.4. The minimum atomic E-state index is 0.437. The second kappa shape index (κ2) is 5.56. The van der Waals surface area contributed by atoms with E-state index >= 15 is 0 Å². The second-order valence-corrected chi connectivity index (χ2v) is 7.25. The van der Waals surface area contributed by atoms with Gasteiger partial charge >= 0.3 is 0 Å². The summed E-state index contributed by atoms with van der Waals surface area (Å²) in [6.45, 7) is 1.08. The second-order valence-electron chi connectivity index (χ2n) is 6.86. The van der Waals surface area contributed by atoms with Gasteiger partial charge in [-0.2, -0.15) is 0 Å². The van der Waals surface area contributed by atoms with Crippen LogP contribution >= 0.6 is 12.2 Å². The Kier molecular flexibility index (Phi) is 3.57. The summed E-state index contributed by atoms with van der Waals surface area (Å²) in [5.41, 5.74) is 1.35. The maximum Gasteiger partial charge on any atom is 0.169 e. The van der Waals surface area contributed by atoms with Gasteiger partial charge in [-0.1, -0.05) is 6.42 Å². The van der Waals surface area contributed by atoms with Crippen molar-refractivity contribution in [2.75, 3.05) is 6.54 Å². The van der Waals surface area contributed by atoms with Gasteiger partial charge in [0, 0.05) is 25.0 Å². The number of thiocarbonyl (C=S) groups is 1. The Morgan fingerprint density at radius 3 is 2.76 bits per heavy atom. The summed E-state index contributed by atoms with van der Waals surface area (Å²) in [7, 11) is 0. The molecule has 1 aromatic rings. The Bertz CT molecular complexity index is 518. The van der Waals surface area contributed by atoms with Crippen molar-refractivity contribution in [2.45, 2.75) is 50.6 Å². The summed E-state index contributed by atoms with van der Waals surface area (Å²) >= 11 is 5.74. The van der Waals surface area contributed by atoms with Gasteiger partial charge in [0.2, 0.25) is 0 Å². The Hall–Kier alpha value is -1.16. The maximum absolute atomic E-state index is 5.74. The van der Waals surface area contributed by atoms with E-state index in [0.29, 0.717) is 12.1 Å². The zero-order valence-corrected chi connectivity index (χ0v) is 13.2. The molecule has 4 heteroatoms. The van der Waals surface area contributed by atoms with E-state index in [2.05, 4.69) is 27.3 Å². The molecule has 1 aromatic heterocycles. The van der Waals surface area contributed by atoms with Gasteiger partial charge in [0.05, 0.1) is 6.04 Å². The fraction of sp³-hybridized carbons (Fsp3) is 0.647. The van der Waals surface area contributed by atoms with Gasteiger partial charge in [0.1, 0.15) is 0 Å². The number of hydrogen-bond donors (Lipinski definition) is 1. The average molecular weight is 301 g/mol. The van der Waals surface area contributed by atoms with Gasteiger partial charge in [0.25, 0.3) is 0 Å². The van der Waals surface area contributed by atoms with Crippen molar-refractivity contribution in [3.8, 4) is 0 Å². The van der Waals surface area contributed by atoms with Crippen molar-refractivity contribution in [2.24, 2.45) is 11.8 Å². The van der Waals surface area contributed by atoms with Crippen molar-refractivity contribution >= 4 is 17.3 Å². The molecule has 1 aliphatic heterocycles. The molecule has 4 rings (SSSR count). The lowest BCUT2D eigenvalue weighted by Crippen LogP contribution is -2.46. The van der Waals surface area contributed by atoms with Crippen LogP contribution in [0.1, 0.15) is 50.1 Å². The molecule has 2 heterocycles. The monoisotopic (exact) mass is 301 g/mol. The van der Waals surface area contributed by atoms with Crippen molar-refractivity contribution < 1.29 is 0 Å². The lowest BCUT2D eigenvalue weighted by molar-refractivity contribution is 0.350. The minimum Gasteiger partial charge on any atom is -0.360 e. The standard InChI is InChI=1S/C17H23N3S/c21-17(19-15-11-12-3-4-14(15)10-12)20-9-1-2-16(20)13-5-7-18-8-6-13/h5-8,12,14-16H,1-4,9-11H2,(H,19,21)/t12-,14-,15+,16-/m0/s1. The van der Waals surface area contributed by atoms with Crippen molar-refractivity contribution in [1.29, 1.82) is 0 Å². The number of nitrogens with one attached hydrogen (secondary N) is 1. The molecule has 0 radical (unpaired) electrons. The topological polar surface area (TPSA) is 28.2 Å². The van der Waals surface area contributed by atoms with Crippen molar-refractivity contribution in [1.82, 2.24) is 15.2 Å². The third-order valence-electron chi connectivity index (χ3n) is 5.65. The van der Waals surface area contributed by atoms with E-state index in [-0.39, 0.29) is 0 Å². The predicted molar refractivity (Wildman–Crippen MR) is 87.9 cm³/mol. The van der Waals surface area contributed by atoms with Gasteiger partial charge in [-0.15, -0.1) is 0 Å². The molecule has 3 nitrogen and oxygen atoms in total. The van der Waals surface area contributed by atoms with Crippen LogP contribution < -0.4 is 5.32 Å². The summed E-state index contributed by atoms with van der Waals surface area (Å²) in [4.78, 5) is 6.53. The van der Waals surface area contributed by atoms with E-state index < -0.39 is 0 Å². The first-order valence-corrected chi connectivity index (χ1v) is 8.69. The summed E-state index contributed by atoms with van der Waals surface area (Å²) < 4.78 is 0. The Morgan fingerprint density at radius 2 is 2.05 bits per heavy atom. The molecule has 3 fully saturated rings. The van der Waals surface area contributed by atoms with E-state index in [4.69, 9.17) is 12.2 Å². The van der Waals surface area contributed by atoms with E-state index in [9.17, 15) is 0 Å². The molecular formula is C17H23N3S. The molecule has 3 aliphatic rings. The smallest absolute Gasteiger partial charge is 0.169 e. The zero-order valence-electron chi connectivity index (χ0n) is 12.4. The summed E-state index contributed by atoms with van der Waals surface area (Å²) in [5, 5.41) is 4.67. The van der Waals surface area contributed by atoms with Crippen LogP contribution in [-0.2, 0) is 0 Å². The molecule has 0 spiro atoms. The third-order valence-corrected chi connectivity index (χ3v) is 6.00. The highest BCUT2D eigenvalue weighted by Crippen LogP contribution is 2.44. The number of pyridine rings is 1. The third kappa shape index (κ3) is 2.54. The van der Waals surface area contributed by atoms with Gasteiger partial charge in [-0.25, -0.2) is 0 Å². The van der Waals surface area contributed by atoms with Crippen LogP contribution in [0.2, 0.25) is 0 Å². The molecule has 0 aromatic carbocycles. The lowest BCUT2D eigenvalue weighted by atomic mass is 9.95. The quantitative estimate of drug-likeness (QED) is 0.849. The number of nitrogens with zero attached hydrogens (tertiary/aromatic N) is 2.